The van der Waals surface area contributed by atoms with Crippen molar-refractivity contribution in [2.75, 3.05) is 0 Å². The summed E-state index contributed by atoms with van der Waals surface area (Å²) in [6.07, 6.45) is 8.84. The van der Waals surface area contributed by atoms with E-state index in [1.54, 1.807) is 6.08 Å². The van der Waals surface area contributed by atoms with Crippen molar-refractivity contribution in [1.82, 2.24) is 4.98 Å². The minimum Gasteiger partial charge on any atom is -0.309 e. The fourth-order valence-electron chi connectivity index (χ4n) is 1.72. The first-order valence-electron chi connectivity index (χ1n) is 5.55. The lowest BCUT2D eigenvalue weighted by molar-refractivity contribution is 1.35. The number of hydrogen-bond donors (Lipinski definition) is 1. The van der Waals surface area contributed by atoms with Gasteiger partial charge in [0.15, 0.2) is 0 Å². The van der Waals surface area contributed by atoms with Crippen LogP contribution in [0.1, 0.15) is 18.2 Å². The Kier molecular flexibility index (Phi) is 3.46. The minimum atomic E-state index is 0.935. The molecule has 0 bridgehead atoms. The Hall–Kier alpha value is -2.22. The van der Waals surface area contributed by atoms with Crippen molar-refractivity contribution in [2.45, 2.75) is 6.92 Å². The first-order chi connectivity index (χ1) is 8.35. The number of rotatable bonds is 3. The van der Waals surface area contributed by atoms with E-state index in [0.717, 1.165) is 22.2 Å². The molecule has 0 fully saturated rings. The van der Waals surface area contributed by atoms with Crippen LogP contribution in [0.5, 0.6) is 0 Å². The predicted molar refractivity (Wildman–Crippen MR) is 74.3 cm³/mol. The lowest BCUT2D eigenvalue weighted by Crippen LogP contribution is -1.88. The maximum Gasteiger partial charge on any atom is 0.0709 e. The van der Waals surface area contributed by atoms with Crippen LogP contribution >= 0.6 is 0 Å². The van der Waals surface area contributed by atoms with Crippen molar-refractivity contribution >= 4 is 29.3 Å². The highest BCUT2D eigenvalue weighted by atomic mass is 14.7. The second-order valence-corrected chi connectivity index (χ2v) is 3.68. The maximum atomic E-state index is 7.04. The third kappa shape index (κ3) is 2.48. The van der Waals surface area contributed by atoms with Gasteiger partial charge in [-0.2, -0.15) is 0 Å². The highest BCUT2D eigenvalue weighted by Gasteiger charge is 2.01. The second kappa shape index (κ2) is 5.21. The number of para-hydroxylation sites is 1. The Labute approximate surface area is 101 Å². The van der Waals surface area contributed by atoms with Gasteiger partial charge in [0.05, 0.1) is 11.2 Å². The first kappa shape index (κ1) is 11.3. The van der Waals surface area contributed by atoms with Gasteiger partial charge in [0.2, 0.25) is 0 Å². The van der Waals surface area contributed by atoms with Crippen LogP contribution in [0.25, 0.3) is 23.1 Å². The van der Waals surface area contributed by atoms with Crippen LogP contribution in [-0.4, -0.2) is 11.2 Å². The molecular weight excluding hydrogens is 208 g/mol. The quantitative estimate of drug-likeness (QED) is 0.785. The van der Waals surface area contributed by atoms with Gasteiger partial charge in [0.1, 0.15) is 0 Å². The first-order valence-corrected chi connectivity index (χ1v) is 5.55. The van der Waals surface area contributed by atoms with Gasteiger partial charge in [0.25, 0.3) is 0 Å². The van der Waals surface area contributed by atoms with Crippen LogP contribution in [0.2, 0.25) is 0 Å². The molecule has 1 aromatic heterocycles. The van der Waals surface area contributed by atoms with Gasteiger partial charge < -0.3 is 5.41 Å². The minimum absolute atomic E-state index is 0.935. The molecule has 0 aliphatic carbocycles. The smallest absolute Gasteiger partial charge is 0.0709 e. The standard InChI is InChI=1S/C15H14N2/c1-2-6-14-13(8-5-10-16)11-12-7-3-4-9-15(12)17-14/h2-11,16H,1H3/b6-2+,8-5-,16-10?. The summed E-state index contributed by atoms with van der Waals surface area (Å²) in [6, 6.07) is 10.1. The van der Waals surface area contributed by atoms with Gasteiger partial charge in [0, 0.05) is 17.2 Å². The molecule has 1 aromatic carbocycles. The van der Waals surface area contributed by atoms with Crippen LogP contribution in [-0.2, 0) is 0 Å². The number of nitrogens with one attached hydrogen (secondary N) is 1. The molecule has 2 heteroatoms. The molecule has 2 rings (SSSR count). The number of allylic oxidation sites excluding steroid dienone is 2. The Morgan fingerprint density at radius 1 is 1.18 bits per heavy atom. The Bertz CT molecular complexity index is 595. The second-order valence-electron chi connectivity index (χ2n) is 3.68. The van der Waals surface area contributed by atoms with E-state index < -0.39 is 0 Å². The van der Waals surface area contributed by atoms with Crippen LogP contribution in [0.15, 0.2) is 42.5 Å². The molecule has 0 radical (unpaired) electrons. The van der Waals surface area contributed by atoms with Gasteiger partial charge in [-0.25, -0.2) is 4.98 Å². The van der Waals surface area contributed by atoms with E-state index in [-0.39, 0.29) is 0 Å². The predicted octanol–water partition coefficient (Wildman–Crippen LogP) is 3.93. The van der Waals surface area contributed by atoms with Crippen molar-refractivity contribution in [3.05, 3.63) is 53.7 Å². The number of hydrogen-bond acceptors (Lipinski definition) is 2. The maximum absolute atomic E-state index is 7.04. The van der Waals surface area contributed by atoms with Gasteiger partial charge in [-0.3, -0.25) is 0 Å². The topological polar surface area (TPSA) is 36.7 Å². The molecule has 1 N–H and O–H groups in total. The molecule has 0 amide bonds. The molecule has 84 valence electrons. The Morgan fingerprint density at radius 3 is 2.76 bits per heavy atom. The van der Waals surface area contributed by atoms with Crippen LogP contribution in [0.4, 0.5) is 0 Å². The van der Waals surface area contributed by atoms with E-state index in [4.69, 9.17) is 5.41 Å². The fourth-order valence-corrected chi connectivity index (χ4v) is 1.72. The third-order valence-electron chi connectivity index (χ3n) is 2.48. The van der Waals surface area contributed by atoms with E-state index in [1.807, 2.05) is 49.4 Å². The molecular formula is C15H14N2. The normalized spacial score (nSPS) is 11.6. The van der Waals surface area contributed by atoms with Crippen LogP contribution in [0, 0.1) is 5.41 Å². The zero-order chi connectivity index (χ0) is 12.1. The molecule has 2 nitrogen and oxygen atoms in total. The third-order valence-corrected chi connectivity index (χ3v) is 2.48. The van der Waals surface area contributed by atoms with Crippen molar-refractivity contribution in [1.29, 1.82) is 5.41 Å². The molecule has 0 spiro atoms. The molecule has 0 saturated heterocycles. The van der Waals surface area contributed by atoms with Gasteiger partial charge in [-0.1, -0.05) is 30.4 Å². The van der Waals surface area contributed by atoms with Crippen molar-refractivity contribution in [3.63, 3.8) is 0 Å². The summed E-state index contributed by atoms with van der Waals surface area (Å²) in [4.78, 5) is 4.60. The van der Waals surface area contributed by atoms with E-state index in [2.05, 4.69) is 11.1 Å². The van der Waals surface area contributed by atoms with E-state index in [1.165, 1.54) is 6.21 Å². The molecule has 1 heterocycles. The SMILES string of the molecule is C/C=C/c1nc2ccccc2cc1/C=C\C=N. The monoisotopic (exact) mass is 222 g/mol. The lowest BCUT2D eigenvalue weighted by Gasteiger charge is -2.03. The highest BCUT2D eigenvalue weighted by molar-refractivity contribution is 5.85. The van der Waals surface area contributed by atoms with Crippen LogP contribution in [0.3, 0.4) is 0 Å². The lowest BCUT2D eigenvalue weighted by atomic mass is 10.1. The summed E-state index contributed by atoms with van der Waals surface area (Å²) in [6.45, 7) is 1.97. The van der Waals surface area contributed by atoms with Gasteiger partial charge in [-0.15, -0.1) is 0 Å². The number of aromatic nitrogens is 1. The van der Waals surface area contributed by atoms with Crippen molar-refractivity contribution in [3.8, 4) is 0 Å². The fraction of sp³-hybridized carbons (Fsp3) is 0.0667. The molecule has 2 aromatic rings. The Balaban J connectivity index is 2.65. The molecule has 0 aliphatic rings. The van der Waals surface area contributed by atoms with Crippen molar-refractivity contribution in [2.24, 2.45) is 0 Å². The largest absolute Gasteiger partial charge is 0.309 e. The number of benzene rings is 1. The number of fused-ring (bicyclic) bond motifs is 1. The van der Waals surface area contributed by atoms with Gasteiger partial charge in [-0.05, 0) is 31.2 Å². The number of pyridine rings is 1. The van der Waals surface area contributed by atoms with Crippen LogP contribution < -0.4 is 0 Å². The summed E-state index contributed by atoms with van der Waals surface area (Å²) in [5, 5.41) is 8.15. The Morgan fingerprint density at radius 2 is 2.00 bits per heavy atom. The molecule has 17 heavy (non-hydrogen) atoms. The number of nitrogens with zero attached hydrogens (tertiary/aromatic N) is 1. The average molecular weight is 222 g/mol. The summed E-state index contributed by atoms with van der Waals surface area (Å²) >= 11 is 0. The van der Waals surface area contributed by atoms with E-state index >= 15 is 0 Å². The van der Waals surface area contributed by atoms with E-state index in [0.29, 0.717) is 0 Å². The molecule has 0 unspecified atom stereocenters. The molecule has 0 aliphatic heterocycles. The molecule has 0 atom stereocenters. The zero-order valence-electron chi connectivity index (χ0n) is 9.72. The zero-order valence-corrected chi connectivity index (χ0v) is 9.72. The summed E-state index contributed by atoms with van der Waals surface area (Å²) in [5.41, 5.74) is 2.96. The average Bonchev–Trinajstić information content (AvgIpc) is 2.36. The summed E-state index contributed by atoms with van der Waals surface area (Å²) in [5.74, 6) is 0. The molecule has 0 saturated carbocycles. The van der Waals surface area contributed by atoms with E-state index in [9.17, 15) is 0 Å². The summed E-state index contributed by atoms with van der Waals surface area (Å²) in [7, 11) is 0. The van der Waals surface area contributed by atoms with Crippen molar-refractivity contribution < 1.29 is 0 Å². The summed E-state index contributed by atoms with van der Waals surface area (Å²) < 4.78 is 0. The van der Waals surface area contributed by atoms with Gasteiger partial charge >= 0.3 is 0 Å². The highest BCUT2D eigenvalue weighted by Crippen LogP contribution is 2.18.